The first-order valence-electron chi connectivity index (χ1n) is 10.5. The summed E-state index contributed by atoms with van der Waals surface area (Å²) in [4.78, 5) is 26.2. The van der Waals surface area contributed by atoms with Gasteiger partial charge in [0.1, 0.15) is 17.6 Å². The SMILES string of the molecule is CNC(=O)C1CCCN1c1cc(-c2cc(C)cc(Nc3nccc(C(F)(F)F)n3)c2)ccn1. The van der Waals surface area contributed by atoms with Crippen molar-refractivity contribution in [2.45, 2.75) is 32.0 Å². The number of hydrogen-bond acceptors (Lipinski definition) is 6. The molecule has 1 fully saturated rings. The Morgan fingerprint density at radius 2 is 1.88 bits per heavy atom. The van der Waals surface area contributed by atoms with E-state index >= 15 is 0 Å². The zero-order valence-corrected chi connectivity index (χ0v) is 18.1. The Hall–Kier alpha value is -3.69. The van der Waals surface area contributed by atoms with Crippen LogP contribution in [0.3, 0.4) is 0 Å². The summed E-state index contributed by atoms with van der Waals surface area (Å²) < 4.78 is 38.9. The molecule has 172 valence electrons. The van der Waals surface area contributed by atoms with Crippen molar-refractivity contribution in [1.82, 2.24) is 20.3 Å². The van der Waals surface area contributed by atoms with Gasteiger partial charge in [0.05, 0.1) is 0 Å². The van der Waals surface area contributed by atoms with Crippen LogP contribution in [-0.4, -0.2) is 40.5 Å². The predicted octanol–water partition coefficient (Wildman–Crippen LogP) is 4.32. The second kappa shape index (κ2) is 9.05. The second-order valence-electron chi connectivity index (χ2n) is 7.84. The van der Waals surface area contributed by atoms with Crippen LogP contribution < -0.4 is 15.5 Å². The normalized spacial score (nSPS) is 16.0. The molecule has 1 aliphatic rings. The number of carbonyl (C=O) groups excluding carboxylic acids is 1. The van der Waals surface area contributed by atoms with Gasteiger partial charge in [-0.3, -0.25) is 4.79 Å². The number of amides is 1. The topological polar surface area (TPSA) is 83.0 Å². The summed E-state index contributed by atoms with van der Waals surface area (Å²) in [5.74, 6) is 0.529. The molecule has 7 nitrogen and oxygen atoms in total. The van der Waals surface area contributed by atoms with Crippen molar-refractivity contribution in [1.29, 1.82) is 0 Å². The van der Waals surface area contributed by atoms with Crippen LogP contribution in [0.5, 0.6) is 0 Å². The molecule has 0 aliphatic carbocycles. The van der Waals surface area contributed by atoms with Crippen molar-refractivity contribution >= 4 is 23.4 Å². The number of halogens is 3. The molecule has 1 atom stereocenters. The van der Waals surface area contributed by atoms with E-state index in [2.05, 4.69) is 25.6 Å². The number of rotatable bonds is 5. The minimum atomic E-state index is -4.55. The highest BCUT2D eigenvalue weighted by Gasteiger charge is 2.33. The molecule has 0 radical (unpaired) electrons. The van der Waals surface area contributed by atoms with E-state index in [9.17, 15) is 18.0 Å². The zero-order valence-electron chi connectivity index (χ0n) is 18.1. The molecule has 2 aromatic heterocycles. The maximum Gasteiger partial charge on any atom is 0.433 e. The standard InChI is InChI=1S/C23H23F3N6O/c1-14-10-16(12-17(11-14)30-22-29-8-6-19(31-22)23(24,25)26)15-5-7-28-20(13-15)32-9-3-4-18(32)21(33)27-2/h5-8,10-13,18H,3-4,9H2,1-2H3,(H,27,33)(H,29,30,31). The molecule has 1 aromatic carbocycles. The number of carbonyl (C=O) groups is 1. The van der Waals surface area contributed by atoms with E-state index in [1.165, 1.54) is 0 Å². The van der Waals surface area contributed by atoms with Gasteiger partial charge in [-0.25, -0.2) is 15.0 Å². The van der Waals surface area contributed by atoms with Crippen LogP contribution in [0.2, 0.25) is 0 Å². The molecule has 1 unspecified atom stereocenters. The van der Waals surface area contributed by atoms with E-state index in [1.807, 2.05) is 36.1 Å². The molecule has 0 spiro atoms. The minimum absolute atomic E-state index is 0.0390. The van der Waals surface area contributed by atoms with Gasteiger partial charge in [-0.15, -0.1) is 0 Å². The lowest BCUT2D eigenvalue weighted by Crippen LogP contribution is -2.42. The first kappa shape index (κ1) is 22.5. The average Bonchev–Trinajstić information content (AvgIpc) is 3.28. The quantitative estimate of drug-likeness (QED) is 0.595. The molecule has 0 bridgehead atoms. The van der Waals surface area contributed by atoms with Gasteiger partial charge in [0, 0.05) is 31.7 Å². The van der Waals surface area contributed by atoms with Crippen molar-refractivity contribution in [3.05, 3.63) is 60.0 Å². The third kappa shape index (κ3) is 5.05. The summed E-state index contributed by atoms with van der Waals surface area (Å²) in [7, 11) is 1.62. The van der Waals surface area contributed by atoms with Gasteiger partial charge in [0.25, 0.3) is 0 Å². The molecule has 0 saturated carbocycles. The lowest BCUT2D eigenvalue weighted by atomic mass is 10.0. The number of benzene rings is 1. The van der Waals surface area contributed by atoms with Crippen LogP contribution in [0.1, 0.15) is 24.1 Å². The van der Waals surface area contributed by atoms with E-state index in [-0.39, 0.29) is 17.9 Å². The fraction of sp³-hybridized carbons (Fsp3) is 0.304. The Morgan fingerprint density at radius 1 is 1.09 bits per heavy atom. The number of nitrogens with zero attached hydrogens (tertiary/aromatic N) is 4. The van der Waals surface area contributed by atoms with E-state index < -0.39 is 11.9 Å². The summed E-state index contributed by atoms with van der Waals surface area (Å²) in [5.41, 5.74) is 2.18. The van der Waals surface area contributed by atoms with Gasteiger partial charge in [0.2, 0.25) is 11.9 Å². The fourth-order valence-electron chi connectivity index (χ4n) is 3.96. The summed E-state index contributed by atoms with van der Waals surface area (Å²) in [6.45, 7) is 2.63. The third-order valence-corrected chi connectivity index (χ3v) is 5.45. The lowest BCUT2D eigenvalue weighted by Gasteiger charge is -2.24. The van der Waals surface area contributed by atoms with Crippen LogP contribution >= 0.6 is 0 Å². The summed E-state index contributed by atoms with van der Waals surface area (Å²) >= 11 is 0. The molecule has 1 saturated heterocycles. The van der Waals surface area contributed by atoms with Crippen molar-refractivity contribution < 1.29 is 18.0 Å². The molecule has 10 heteroatoms. The van der Waals surface area contributed by atoms with Crippen LogP contribution in [0.15, 0.2) is 48.8 Å². The van der Waals surface area contributed by atoms with Gasteiger partial charge < -0.3 is 15.5 Å². The average molecular weight is 456 g/mol. The zero-order chi connectivity index (χ0) is 23.6. The summed E-state index contributed by atoms with van der Waals surface area (Å²) in [6.07, 6.45) is -0.120. The first-order chi connectivity index (χ1) is 15.7. The predicted molar refractivity (Wildman–Crippen MR) is 119 cm³/mol. The van der Waals surface area contributed by atoms with Crippen molar-refractivity contribution in [2.24, 2.45) is 0 Å². The summed E-state index contributed by atoms with van der Waals surface area (Å²) in [6, 6.07) is 9.93. The monoisotopic (exact) mass is 456 g/mol. The van der Waals surface area contributed by atoms with Crippen LogP contribution in [0.4, 0.5) is 30.6 Å². The van der Waals surface area contributed by atoms with Gasteiger partial charge in [-0.2, -0.15) is 13.2 Å². The maximum absolute atomic E-state index is 13.0. The van der Waals surface area contributed by atoms with E-state index in [0.717, 1.165) is 48.3 Å². The molecular weight excluding hydrogens is 433 g/mol. The Balaban J connectivity index is 1.62. The number of hydrogen-bond donors (Lipinski definition) is 2. The highest BCUT2D eigenvalue weighted by molar-refractivity contribution is 5.85. The Labute approximate surface area is 189 Å². The van der Waals surface area contributed by atoms with E-state index in [0.29, 0.717) is 11.5 Å². The maximum atomic E-state index is 13.0. The van der Waals surface area contributed by atoms with Crippen LogP contribution in [0.25, 0.3) is 11.1 Å². The van der Waals surface area contributed by atoms with Crippen LogP contribution in [0, 0.1) is 6.92 Å². The molecule has 1 amide bonds. The van der Waals surface area contributed by atoms with Gasteiger partial charge in [-0.1, -0.05) is 6.07 Å². The Kier molecular flexibility index (Phi) is 6.17. The van der Waals surface area contributed by atoms with Crippen molar-refractivity contribution in [3.8, 4) is 11.1 Å². The minimum Gasteiger partial charge on any atom is -0.357 e. The number of aromatic nitrogens is 3. The Morgan fingerprint density at radius 3 is 2.64 bits per heavy atom. The van der Waals surface area contributed by atoms with Gasteiger partial charge >= 0.3 is 6.18 Å². The second-order valence-corrected chi connectivity index (χ2v) is 7.84. The third-order valence-electron chi connectivity index (χ3n) is 5.45. The number of anilines is 3. The van der Waals surface area contributed by atoms with E-state index in [1.54, 1.807) is 19.3 Å². The molecular formula is C23H23F3N6O. The first-order valence-corrected chi connectivity index (χ1v) is 10.5. The molecule has 1 aliphatic heterocycles. The number of alkyl halides is 3. The highest BCUT2D eigenvalue weighted by Crippen LogP contribution is 2.31. The highest BCUT2D eigenvalue weighted by atomic mass is 19.4. The van der Waals surface area contributed by atoms with E-state index in [4.69, 9.17) is 0 Å². The molecule has 33 heavy (non-hydrogen) atoms. The van der Waals surface area contributed by atoms with Crippen molar-refractivity contribution in [2.75, 3.05) is 23.8 Å². The molecule has 4 rings (SSSR count). The lowest BCUT2D eigenvalue weighted by molar-refractivity contribution is -0.141. The fourth-order valence-corrected chi connectivity index (χ4v) is 3.96. The number of pyridine rings is 1. The number of likely N-dealkylation sites (N-methyl/N-ethyl adjacent to an activating group) is 1. The summed E-state index contributed by atoms with van der Waals surface area (Å²) in [5, 5.41) is 5.57. The van der Waals surface area contributed by atoms with Gasteiger partial charge in [-0.05, 0) is 66.8 Å². The van der Waals surface area contributed by atoms with Gasteiger partial charge in [0.15, 0.2) is 0 Å². The number of aryl methyl sites for hydroxylation is 1. The van der Waals surface area contributed by atoms with Crippen molar-refractivity contribution in [3.63, 3.8) is 0 Å². The molecule has 3 heterocycles. The van der Waals surface area contributed by atoms with Crippen LogP contribution in [-0.2, 0) is 11.0 Å². The molecule has 3 aromatic rings. The molecule has 2 N–H and O–H groups in total. The number of nitrogens with one attached hydrogen (secondary N) is 2. The smallest absolute Gasteiger partial charge is 0.357 e. The largest absolute Gasteiger partial charge is 0.433 e. The Bertz CT molecular complexity index is 1170.